The number of nitrogens with zero attached hydrogens (tertiary/aromatic N) is 4. The number of rotatable bonds is 7. The van der Waals surface area contributed by atoms with Crippen molar-refractivity contribution in [3.8, 4) is 11.4 Å². The molecule has 3 aromatic rings. The van der Waals surface area contributed by atoms with Crippen LogP contribution in [0.5, 0.6) is 5.75 Å². The van der Waals surface area contributed by atoms with E-state index < -0.39 is 4.92 Å². The van der Waals surface area contributed by atoms with Crippen molar-refractivity contribution in [1.82, 2.24) is 19.8 Å². The lowest BCUT2D eigenvalue weighted by Gasteiger charge is -2.28. The third kappa shape index (κ3) is 4.04. The number of nitro benzene ring substituents is 1. The van der Waals surface area contributed by atoms with E-state index in [0.717, 1.165) is 46.4 Å². The largest absolute Gasteiger partial charge is 0.494 e. The highest BCUT2D eigenvalue weighted by Gasteiger charge is 2.41. The van der Waals surface area contributed by atoms with Gasteiger partial charge < -0.3 is 19.5 Å². The molecule has 0 bridgehead atoms. The molecule has 1 aromatic carbocycles. The molecule has 1 aliphatic heterocycles. The number of benzene rings is 1. The Hall–Kier alpha value is -3.46. The van der Waals surface area contributed by atoms with Gasteiger partial charge in [0.2, 0.25) is 0 Å². The lowest BCUT2D eigenvalue weighted by atomic mass is 9.96. The van der Waals surface area contributed by atoms with E-state index in [1.807, 2.05) is 25.1 Å². The molecule has 33 heavy (non-hydrogen) atoms. The third-order valence-electron chi connectivity index (χ3n) is 6.07. The zero-order chi connectivity index (χ0) is 23.7. The Morgan fingerprint density at radius 3 is 2.67 bits per heavy atom. The first-order valence-electron chi connectivity index (χ1n) is 10.9. The number of pyridine rings is 1. The lowest BCUT2D eigenvalue weighted by Crippen LogP contribution is -2.30. The van der Waals surface area contributed by atoms with Crippen LogP contribution in [0.15, 0.2) is 48.7 Å². The molecule has 172 valence electrons. The van der Waals surface area contributed by atoms with Crippen molar-refractivity contribution in [1.29, 1.82) is 0 Å². The molecule has 8 nitrogen and oxygen atoms in total. The molecule has 1 fully saturated rings. The van der Waals surface area contributed by atoms with Gasteiger partial charge in [-0.1, -0.05) is 13.0 Å². The zero-order valence-electron chi connectivity index (χ0n) is 19.1. The predicted octanol–water partition coefficient (Wildman–Crippen LogP) is 4.79. The minimum atomic E-state index is -0.418. The van der Waals surface area contributed by atoms with Gasteiger partial charge in [-0.05, 0) is 62.3 Å². The van der Waals surface area contributed by atoms with E-state index in [1.54, 1.807) is 12.3 Å². The van der Waals surface area contributed by atoms with Gasteiger partial charge in [0.15, 0.2) is 5.11 Å². The van der Waals surface area contributed by atoms with Crippen LogP contribution < -0.4 is 10.1 Å². The van der Waals surface area contributed by atoms with E-state index in [4.69, 9.17) is 17.0 Å². The van der Waals surface area contributed by atoms with E-state index in [1.165, 1.54) is 19.2 Å². The quantitative estimate of drug-likeness (QED) is 0.305. The molecule has 0 aliphatic carbocycles. The topological polar surface area (TPSA) is 85.5 Å². The summed E-state index contributed by atoms with van der Waals surface area (Å²) in [5.74, 6) is 0.448. The lowest BCUT2D eigenvalue weighted by molar-refractivity contribution is -0.384. The minimum Gasteiger partial charge on any atom is -0.494 e. The van der Waals surface area contributed by atoms with Gasteiger partial charge in [0.1, 0.15) is 5.75 Å². The summed E-state index contributed by atoms with van der Waals surface area (Å²) in [5, 5.41) is 15.4. The molecule has 0 saturated carbocycles. The summed E-state index contributed by atoms with van der Waals surface area (Å²) in [7, 11) is 1.52. The van der Waals surface area contributed by atoms with Crippen molar-refractivity contribution in [2.45, 2.75) is 39.3 Å². The number of aryl methyl sites for hydroxylation is 1. The van der Waals surface area contributed by atoms with Crippen LogP contribution >= 0.6 is 12.2 Å². The summed E-state index contributed by atoms with van der Waals surface area (Å²) in [5.41, 5.74) is 4.84. The highest BCUT2D eigenvalue weighted by Crippen LogP contribution is 2.42. The number of ether oxygens (including phenoxy) is 1. The predicted molar refractivity (Wildman–Crippen MR) is 131 cm³/mol. The van der Waals surface area contributed by atoms with Gasteiger partial charge in [0.05, 0.1) is 41.6 Å². The number of methoxy groups -OCH3 is 1. The monoisotopic (exact) mass is 465 g/mol. The number of thiocarbonyl (C=S) groups is 1. The molecule has 0 radical (unpaired) electrons. The molecule has 2 aromatic heterocycles. The highest BCUT2D eigenvalue weighted by atomic mass is 32.1. The summed E-state index contributed by atoms with van der Waals surface area (Å²) >= 11 is 5.71. The Kier molecular flexibility index (Phi) is 6.33. The zero-order valence-corrected chi connectivity index (χ0v) is 19.9. The summed E-state index contributed by atoms with van der Waals surface area (Å²) in [6.45, 7) is 7.05. The van der Waals surface area contributed by atoms with Gasteiger partial charge in [-0.3, -0.25) is 15.1 Å². The number of nitro groups is 1. The van der Waals surface area contributed by atoms with Crippen molar-refractivity contribution in [2.75, 3.05) is 13.7 Å². The van der Waals surface area contributed by atoms with Crippen LogP contribution in [0, 0.1) is 24.0 Å². The molecule has 1 saturated heterocycles. The normalized spacial score (nSPS) is 17.8. The fourth-order valence-electron chi connectivity index (χ4n) is 4.65. The van der Waals surface area contributed by atoms with E-state index in [0.29, 0.717) is 5.75 Å². The maximum absolute atomic E-state index is 11.2. The molecule has 3 heterocycles. The summed E-state index contributed by atoms with van der Waals surface area (Å²) in [4.78, 5) is 17.6. The van der Waals surface area contributed by atoms with Crippen LogP contribution in [0.2, 0.25) is 0 Å². The third-order valence-corrected chi connectivity index (χ3v) is 6.42. The van der Waals surface area contributed by atoms with E-state index >= 15 is 0 Å². The summed E-state index contributed by atoms with van der Waals surface area (Å²) < 4.78 is 7.61. The number of non-ortho nitro benzene ring substituents is 1. The van der Waals surface area contributed by atoms with Gasteiger partial charge >= 0.3 is 0 Å². The van der Waals surface area contributed by atoms with Crippen molar-refractivity contribution >= 4 is 23.0 Å². The minimum absolute atomic E-state index is 0.00651. The number of nitrogens with one attached hydrogen (secondary N) is 1. The maximum Gasteiger partial charge on any atom is 0.273 e. The first kappa shape index (κ1) is 22.7. The maximum atomic E-state index is 11.2. The molecule has 2 atom stereocenters. The molecule has 1 aliphatic rings. The summed E-state index contributed by atoms with van der Waals surface area (Å²) in [6, 6.07) is 12.6. The molecule has 1 N–H and O–H groups in total. The highest BCUT2D eigenvalue weighted by molar-refractivity contribution is 7.80. The molecule has 0 amide bonds. The van der Waals surface area contributed by atoms with Crippen LogP contribution in [-0.4, -0.2) is 38.1 Å². The van der Waals surface area contributed by atoms with Gasteiger partial charge in [0.25, 0.3) is 5.69 Å². The van der Waals surface area contributed by atoms with Gasteiger partial charge in [-0.15, -0.1) is 0 Å². The standard InChI is InChI=1S/C24H27N5O3S/c1-5-12-27-23(22(26-24(27)33)19-8-6-7-11-25-19)18-13-15(2)28(16(18)3)20-10-9-17(29(30)31)14-21(20)32-4/h6-11,13-14,22-23H,5,12H2,1-4H3,(H,26,33)/t22-,23+/m1/s1. The smallest absolute Gasteiger partial charge is 0.273 e. The second-order valence-electron chi connectivity index (χ2n) is 8.10. The van der Waals surface area contributed by atoms with Crippen LogP contribution in [0.3, 0.4) is 0 Å². The van der Waals surface area contributed by atoms with Gasteiger partial charge in [0, 0.05) is 30.2 Å². The van der Waals surface area contributed by atoms with Crippen LogP contribution in [0.25, 0.3) is 5.69 Å². The molecule has 9 heteroatoms. The Bertz CT molecular complexity index is 1190. The molecular formula is C24H27N5O3S. The van der Waals surface area contributed by atoms with Crippen LogP contribution in [0.4, 0.5) is 5.69 Å². The molecule has 0 unspecified atom stereocenters. The number of hydrogen-bond acceptors (Lipinski definition) is 5. The molecule has 0 spiro atoms. The number of hydrogen-bond donors (Lipinski definition) is 1. The second kappa shape index (κ2) is 9.19. The van der Waals surface area contributed by atoms with Crippen molar-refractivity contribution < 1.29 is 9.66 Å². The van der Waals surface area contributed by atoms with Crippen LogP contribution in [-0.2, 0) is 0 Å². The van der Waals surface area contributed by atoms with Crippen molar-refractivity contribution in [2.24, 2.45) is 0 Å². The van der Waals surface area contributed by atoms with E-state index in [2.05, 4.69) is 39.7 Å². The molecule has 4 rings (SSSR count). The van der Waals surface area contributed by atoms with Crippen LogP contribution in [0.1, 0.15) is 48.1 Å². The average molecular weight is 466 g/mol. The SMILES string of the molecule is CCCN1C(=S)N[C@H](c2ccccn2)[C@@H]1c1cc(C)n(-c2ccc([N+](=O)[O-])cc2OC)c1C. The van der Waals surface area contributed by atoms with E-state index in [-0.39, 0.29) is 17.8 Å². The molecular weight excluding hydrogens is 438 g/mol. The Balaban J connectivity index is 1.85. The Morgan fingerprint density at radius 1 is 1.24 bits per heavy atom. The van der Waals surface area contributed by atoms with E-state index in [9.17, 15) is 10.1 Å². The summed E-state index contributed by atoms with van der Waals surface area (Å²) in [6.07, 6.45) is 2.76. The average Bonchev–Trinajstić information content (AvgIpc) is 3.29. The van der Waals surface area contributed by atoms with Gasteiger partial charge in [-0.25, -0.2) is 0 Å². The fraction of sp³-hybridized carbons (Fsp3) is 0.333. The van der Waals surface area contributed by atoms with Crippen molar-refractivity contribution in [3.05, 3.63) is 81.4 Å². The first-order chi connectivity index (χ1) is 15.9. The number of aromatic nitrogens is 2. The first-order valence-corrected chi connectivity index (χ1v) is 11.3. The fourth-order valence-corrected chi connectivity index (χ4v) is 4.98. The van der Waals surface area contributed by atoms with Crippen molar-refractivity contribution in [3.63, 3.8) is 0 Å². The Morgan fingerprint density at radius 2 is 2.03 bits per heavy atom. The second-order valence-corrected chi connectivity index (χ2v) is 8.48. The van der Waals surface area contributed by atoms with Gasteiger partial charge in [-0.2, -0.15) is 0 Å². The Labute approximate surface area is 198 Å².